The van der Waals surface area contributed by atoms with Gasteiger partial charge in [-0.15, -0.1) is 0 Å². The lowest BCUT2D eigenvalue weighted by Gasteiger charge is -2.22. The van der Waals surface area contributed by atoms with Crippen LogP contribution in [0.5, 0.6) is 0 Å². The number of carbonyl (C=O) groups is 1. The highest BCUT2D eigenvalue weighted by molar-refractivity contribution is 5.94. The maximum absolute atomic E-state index is 12.8. The van der Waals surface area contributed by atoms with Crippen LogP contribution in [0.4, 0.5) is 5.69 Å². The van der Waals surface area contributed by atoms with Crippen molar-refractivity contribution in [3.63, 3.8) is 0 Å². The Balaban J connectivity index is 1.80. The molecule has 0 heterocycles. The molecule has 1 fully saturated rings. The Hall–Kier alpha value is -2.73. The third kappa shape index (κ3) is 3.60. The van der Waals surface area contributed by atoms with Crippen LogP contribution in [-0.4, -0.2) is 21.8 Å². The summed E-state index contributed by atoms with van der Waals surface area (Å²) in [6.07, 6.45) is 1.95. The maximum atomic E-state index is 12.8. The molecule has 1 aliphatic carbocycles. The van der Waals surface area contributed by atoms with Gasteiger partial charge < -0.3 is 10.6 Å². The number of nitrogens with zero attached hydrogens (tertiary/aromatic N) is 2. The Labute approximate surface area is 140 Å². The van der Waals surface area contributed by atoms with E-state index in [4.69, 9.17) is 5.73 Å². The highest BCUT2D eigenvalue weighted by Gasteiger charge is 2.33. The van der Waals surface area contributed by atoms with E-state index in [1.165, 1.54) is 12.1 Å². The second-order valence-corrected chi connectivity index (χ2v) is 5.99. The van der Waals surface area contributed by atoms with Crippen LogP contribution < -0.4 is 5.73 Å². The van der Waals surface area contributed by atoms with E-state index in [0.717, 1.165) is 24.0 Å². The lowest BCUT2D eigenvalue weighted by molar-refractivity contribution is -0.384. The molecule has 1 saturated carbocycles. The molecule has 6 heteroatoms. The normalized spacial score (nSPS) is 13.5. The van der Waals surface area contributed by atoms with Gasteiger partial charge in [0.05, 0.1) is 4.92 Å². The molecule has 0 spiro atoms. The summed E-state index contributed by atoms with van der Waals surface area (Å²) < 4.78 is 0. The van der Waals surface area contributed by atoms with E-state index in [1.54, 1.807) is 23.1 Å². The molecule has 2 N–H and O–H groups in total. The van der Waals surface area contributed by atoms with Crippen LogP contribution in [0.15, 0.2) is 48.5 Å². The van der Waals surface area contributed by atoms with Gasteiger partial charge in [0.1, 0.15) is 0 Å². The Morgan fingerprint density at radius 2 is 1.88 bits per heavy atom. The molecule has 0 unspecified atom stereocenters. The Morgan fingerprint density at radius 1 is 1.17 bits per heavy atom. The zero-order chi connectivity index (χ0) is 17.1. The quantitative estimate of drug-likeness (QED) is 0.653. The lowest BCUT2D eigenvalue weighted by atomic mass is 10.1. The molecule has 24 heavy (non-hydrogen) atoms. The van der Waals surface area contributed by atoms with Crippen molar-refractivity contribution in [1.82, 2.24) is 4.90 Å². The maximum Gasteiger partial charge on any atom is 0.269 e. The summed E-state index contributed by atoms with van der Waals surface area (Å²) in [6, 6.07) is 13.9. The molecule has 2 aromatic carbocycles. The summed E-state index contributed by atoms with van der Waals surface area (Å²) >= 11 is 0. The fourth-order valence-corrected chi connectivity index (χ4v) is 2.67. The van der Waals surface area contributed by atoms with Crippen LogP contribution in [0.3, 0.4) is 0 Å². The second kappa shape index (κ2) is 6.80. The molecule has 0 aromatic heterocycles. The van der Waals surface area contributed by atoms with Crippen molar-refractivity contribution in [3.05, 3.63) is 75.3 Å². The minimum atomic E-state index is -0.418. The fourth-order valence-electron chi connectivity index (χ4n) is 2.67. The monoisotopic (exact) mass is 325 g/mol. The molecule has 0 aliphatic heterocycles. The summed E-state index contributed by atoms with van der Waals surface area (Å²) in [6.45, 7) is 0.818. The summed E-state index contributed by atoms with van der Waals surface area (Å²) in [5, 5.41) is 10.9. The molecule has 0 atom stereocenters. The van der Waals surface area contributed by atoms with Gasteiger partial charge >= 0.3 is 0 Å². The van der Waals surface area contributed by atoms with E-state index in [0.29, 0.717) is 18.7 Å². The Kier molecular flexibility index (Phi) is 4.57. The van der Waals surface area contributed by atoms with Gasteiger partial charge in [0.25, 0.3) is 11.6 Å². The van der Waals surface area contributed by atoms with Crippen LogP contribution in [0.2, 0.25) is 0 Å². The summed E-state index contributed by atoms with van der Waals surface area (Å²) in [4.78, 5) is 25.1. The van der Waals surface area contributed by atoms with Crippen LogP contribution in [0.1, 0.15) is 34.3 Å². The first kappa shape index (κ1) is 16.1. The van der Waals surface area contributed by atoms with Crippen molar-refractivity contribution in [3.8, 4) is 0 Å². The number of hydrogen-bond acceptors (Lipinski definition) is 4. The van der Waals surface area contributed by atoms with Crippen molar-refractivity contribution in [1.29, 1.82) is 0 Å². The predicted molar refractivity (Wildman–Crippen MR) is 90.3 cm³/mol. The highest BCUT2D eigenvalue weighted by Crippen LogP contribution is 2.30. The number of non-ortho nitro benzene ring substituents is 1. The van der Waals surface area contributed by atoms with Crippen molar-refractivity contribution < 1.29 is 9.72 Å². The summed E-state index contributed by atoms with van der Waals surface area (Å²) in [5.74, 6) is -0.0485. The van der Waals surface area contributed by atoms with Crippen LogP contribution >= 0.6 is 0 Å². The van der Waals surface area contributed by atoms with Gasteiger partial charge in [0, 0.05) is 36.8 Å². The topological polar surface area (TPSA) is 89.5 Å². The standard InChI is InChI=1S/C18H19N3O3/c19-11-13-4-6-15(7-5-13)18(22)20(16-8-9-16)12-14-2-1-3-17(10-14)21(23)24/h1-7,10,16H,8-9,11-12,19H2. The second-order valence-electron chi connectivity index (χ2n) is 5.99. The number of rotatable bonds is 6. The first-order chi connectivity index (χ1) is 11.6. The number of nitro benzene ring substituents is 1. The van der Waals surface area contributed by atoms with Crippen molar-refractivity contribution in [2.24, 2.45) is 5.73 Å². The van der Waals surface area contributed by atoms with Crippen molar-refractivity contribution in [2.75, 3.05) is 0 Å². The average Bonchev–Trinajstić information content (AvgIpc) is 3.44. The molecular weight excluding hydrogens is 306 g/mol. The molecule has 6 nitrogen and oxygen atoms in total. The van der Waals surface area contributed by atoms with Crippen molar-refractivity contribution in [2.45, 2.75) is 32.0 Å². The van der Waals surface area contributed by atoms with E-state index in [-0.39, 0.29) is 17.6 Å². The van der Waals surface area contributed by atoms with E-state index in [9.17, 15) is 14.9 Å². The SMILES string of the molecule is NCc1ccc(C(=O)N(Cc2cccc([N+](=O)[O-])c2)C2CC2)cc1. The molecule has 0 radical (unpaired) electrons. The minimum absolute atomic E-state index is 0.0444. The molecule has 0 saturated heterocycles. The first-order valence-corrected chi connectivity index (χ1v) is 7.92. The van der Waals surface area contributed by atoms with Gasteiger partial charge in [0.15, 0.2) is 0 Å². The van der Waals surface area contributed by atoms with Crippen LogP contribution in [0.25, 0.3) is 0 Å². The molecular formula is C18H19N3O3. The van der Waals surface area contributed by atoms with E-state index < -0.39 is 4.92 Å². The number of benzene rings is 2. The number of amides is 1. The molecule has 0 bridgehead atoms. The van der Waals surface area contributed by atoms with E-state index in [2.05, 4.69) is 0 Å². The smallest absolute Gasteiger partial charge is 0.269 e. The van der Waals surface area contributed by atoms with Gasteiger partial charge in [-0.2, -0.15) is 0 Å². The minimum Gasteiger partial charge on any atom is -0.331 e. The predicted octanol–water partition coefficient (Wildman–Crippen LogP) is 2.86. The number of nitro groups is 1. The van der Waals surface area contributed by atoms with Gasteiger partial charge in [-0.3, -0.25) is 14.9 Å². The molecule has 124 valence electrons. The Bertz CT molecular complexity index is 754. The lowest BCUT2D eigenvalue weighted by Crippen LogP contribution is -2.32. The van der Waals surface area contributed by atoms with E-state index in [1.807, 2.05) is 18.2 Å². The van der Waals surface area contributed by atoms with Gasteiger partial charge in [-0.1, -0.05) is 24.3 Å². The van der Waals surface area contributed by atoms with Crippen LogP contribution in [-0.2, 0) is 13.1 Å². The highest BCUT2D eigenvalue weighted by atomic mass is 16.6. The Morgan fingerprint density at radius 3 is 2.46 bits per heavy atom. The van der Waals surface area contributed by atoms with Gasteiger partial charge in [-0.05, 0) is 36.1 Å². The summed E-state index contributed by atoms with van der Waals surface area (Å²) in [7, 11) is 0. The van der Waals surface area contributed by atoms with Crippen molar-refractivity contribution >= 4 is 11.6 Å². The molecule has 1 amide bonds. The molecule has 3 rings (SSSR count). The van der Waals surface area contributed by atoms with Crippen LogP contribution in [0, 0.1) is 10.1 Å². The third-order valence-electron chi connectivity index (χ3n) is 4.16. The van der Waals surface area contributed by atoms with Gasteiger partial charge in [0.2, 0.25) is 0 Å². The van der Waals surface area contributed by atoms with E-state index >= 15 is 0 Å². The average molecular weight is 325 g/mol. The number of hydrogen-bond donors (Lipinski definition) is 1. The van der Waals surface area contributed by atoms with Gasteiger partial charge in [-0.25, -0.2) is 0 Å². The largest absolute Gasteiger partial charge is 0.331 e. The first-order valence-electron chi connectivity index (χ1n) is 7.92. The number of carbonyl (C=O) groups excluding carboxylic acids is 1. The third-order valence-corrected chi connectivity index (χ3v) is 4.16. The number of nitrogens with two attached hydrogens (primary N) is 1. The summed E-state index contributed by atoms with van der Waals surface area (Å²) in [5.41, 5.74) is 7.99. The molecule has 2 aromatic rings. The zero-order valence-electron chi connectivity index (χ0n) is 13.2. The zero-order valence-corrected chi connectivity index (χ0v) is 13.2. The fraction of sp³-hybridized carbons (Fsp3) is 0.278. The molecule has 1 aliphatic rings.